The van der Waals surface area contributed by atoms with Gasteiger partial charge in [0.25, 0.3) is 0 Å². The van der Waals surface area contributed by atoms with E-state index in [0.29, 0.717) is 5.56 Å². The number of ether oxygens (including phenoxy) is 2. The SMILES string of the molecule is COC1CC(OC(=O)c2ccccc2)C1. The maximum atomic E-state index is 11.6. The highest BCUT2D eigenvalue weighted by Gasteiger charge is 2.32. The second-order valence-electron chi connectivity index (χ2n) is 3.72. The predicted octanol–water partition coefficient (Wildman–Crippen LogP) is 2.02. The summed E-state index contributed by atoms with van der Waals surface area (Å²) in [6, 6.07) is 9.05. The van der Waals surface area contributed by atoms with E-state index in [1.165, 1.54) is 0 Å². The van der Waals surface area contributed by atoms with Crippen molar-refractivity contribution in [2.45, 2.75) is 25.0 Å². The largest absolute Gasteiger partial charge is 0.459 e. The molecule has 1 aliphatic rings. The Labute approximate surface area is 89.0 Å². The summed E-state index contributed by atoms with van der Waals surface area (Å²) in [5.41, 5.74) is 0.610. The van der Waals surface area contributed by atoms with Gasteiger partial charge in [0.05, 0.1) is 11.7 Å². The fraction of sp³-hybridized carbons (Fsp3) is 0.417. The molecule has 3 nitrogen and oxygen atoms in total. The number of esters is 1. The molecule has 2 rings (SSSR count). The fourth-order valence-corrected chi connectivity index (χ4v) is 1.60. The lowest BCUT2D eigenvalue weighted by atomic mass is 9.92. The zero-order valence-electron chi connectivity index (χ0n) is 8.68. The average Bonchev–Trinajstić information content (AvgIpc) is 2.23. The molecule has 0 spiro atoms. The van der Waals surface area contributed by atoms with Gasteiger partial charge in [-0.3, -0.25) is 0 Å². The van der Waals surface area contributed by atoms with Gasteiger partial charge in [0.2, 0.25) is 0 Å². The van der Waals surface area contributed by atoms with Crippen LogP contribution >= 0.6 is 0 Å². The Morgan fingerprint density at radius 2 is 1.87 bits per heavy atom. The van der Waals surface area contributed by atoms with Crippen LogP contribution in [0.15, 0.2) is 30.3 Å². The topological polar surface area (TPSA) is 35.5 Å². The highest BCUT2D eigenvalue weighted by Crippen LogP contribution is 2.26. The second kappa shape index (κ2) is 4.45. The summed E-state index contributed by atoms with van der Waals surface area (Å²) in [4.78, 5) is 11.6. The van der Waals surface area contributed by atoms with Crippen LogP contribution in [0.5, 0.6) is 0 Å². The van der Waals surface area contributed by atoms with Crippen molar-refractivity contribution in [1.29, 1.82) is 0 Å². The predicted molar refractivity (Wildman–Crippen MR) is 55.7 cm³/mol. The molecule has 1 aromatic carbocycles. The molecule has 0 unspecified atom stereocenters. The van der Waals surface area contributed by atoms with E-state index >= 15 is 0 Å². The number of hydrogen-bond acceptors (Lipinski definition) is 3. The van der Waals surface area contributed by atoms with E-state index in [-0.39, 0.29) is 18.2 Å². The Kier molecular flexibility index (Phi) is 3.02. The van der Waals surface area contributed by atoms with Crippen LogP contribution in [0.2, 0.25) is 0 Å². The van der Waals surface area contributed by atoms with Gasteiger partial charge in [-0.15, -0.1) is 0 Å². The third-order valence-corrected chi connectivity index (χ3v) is 2.67. The minimum Gasteiger partial charge on any atom is -0.459 e. The first-order valence-corrected chi connectivity index (χ1v) is 5.08. The molecule has 15 heavy (non-hydrogen) atoms. The summed E-state index contributed by atoms with van der Waals surface area (Å²) in [7, 11) is 1.68. The van der Waals surface area contributed by atoms with Crippen LogP contribution in [0.4, 0.5) is 0 Å². The van der Waals surface area contributed by atoms with Gasteiger partial charge in [-0.2, -0.15) is 0 Å². The van der Waals surface area contributed by atoms with Gasteiger partial charge in [-0.05, 0) is 12.1 Å². The van der Waals surface area contributed by atoms with Crippen LogP contribution in [-0.4, -0.2) is 25.3 Å². The van der Waals surface area contributed by atoms with Crippen LogP contribution in [0.25, 0.3) is 0 Å². The van der Waals surface area contributed by atoms with Gasteiger partial charge in [0, 0.05) is 20.0 Å². The van der Waals surface area contributed by atoms with E-state index in [1.807, 2.05) is 18.2 Å². The maximum absolute atomic E-state index is 11.6. The molecule has 1 fully saturated rings. The Morgan fingerprint density at radius 3 is 2.47 bits per heavy atom. The van der Waals surface area contributed by atoms with E-state index in [9.17, 15) is 4.79 Å². The number of rotatable bonds is 3. The molecule has 3 heteroatoms. The Hall–Kier alpha value is -1.35. The highest BCUT2D eigenvalue weighted by molar-refractivity contribution is 5.89. The van der Waals surface area contributed by atoms with Crippen LogP contribution < -0.4 is 0 Å². The molecule has 1 aliphatic carbocycles. The number of hydrogen-bond donors (Lipinski definition) is 0. The smallest absolute Gasteiger partial charge is 0.338 e. The zero-order chi connectivity index (χ0) is 10.7. The molecule has 80 valence electrons. The summed E-state index contributed by atoms with van der Waals surface area (Å²) in [5, 5.41) is 0. The molecule has 0 amide bonds. The van der Waals surface area contributed by atoms with Crippen LogP contribution in [-0.2, 0) is 9.47 Å². The number of methoxy groups -OCH3 is 1. The summed E-state index contributed by atoms with van der Waals surface area (Å²) in [6.07, 6.45) is 1.92. The van der Waals surface area contributed by atoms with Gasteiger partial charge in [0.15, 0.2) is 0 Å². The Bertz CT molecular complexity index is 328. The van der Waals surface area contributed by atoms with Crippen LogP contribution in [0.1, 0.15) is 23.2 Å². The monoisotopic (exact) mass is 206 g/mol. The van der Waals surface area contributed by atoms with Crippen molar-refractivity contribution < 1.29 is 14.3 Å². The molecule has 0 N–H and O–H groups in total. The third kappa shape index (κ3) is 2.36. The average molecular weight is 206 g/mol. The number of carbonyl (C=O) groups is 1. The first-order chi connectivity index (χ1) is 7.29. The molecule has 1 aromatic rings. The van der Waals surface area contributed by atoms with E-state index in [1.54, 1.807) is 19.2 Å². The quantitative estimate of drug-likeness (QED) is 0.710. The molecular formula is C12H14O3. The molecule has 0 bridgehead atoms. The maximum Gasteiger partial charge on any atom is 0.338 e. The van der Waals surface area contributed by atoms with Crippen molar-refractivity contribution >= 4 is 5.97 Å². The van der Waals surface area contributed by atoms with Crippen molar-refractivity contribution in [2.24, 2.45) is 0 Å². The van der Waals surface area contributed by atoms with Crippen LogP contribution in [0, 0.1) is 0 Å². The Morgan fingerprint density at radius 1 is 1.20 bits per heavy atom. The lowest BCUT2D eigenvalue weighted by Gasteiger charge is -2.33. The summed E-state index contributed by atoms with van der Waals surface area (Å²) in [5.74, 6) is -0.241. The Balaban J connectivity index is 1.84. The van der Waals surface area contributed by atoms with Crippen LogP contribution in [0.3, 0.4) is 0 Å². The van der Waals surface area contributed by atoms with Crippen molar-refractivity contribution in [2.75, 3.05) is 7.11 Å². The lowest BCUT2D eigenvalue weighted by molar-refractivity contribution is -0.0640. The number of benzene rings is 1. The molecule has 0 heterocycles. The van der Waals surface area contributed by atoms with Crippen molar-refractivity contribution in [3.8, 4) is 0 Å². The minimum atomic E-state index is -0.241. The third-order valence-electron chi connectivity index (χ3n) is 2.67. The summed E-state index contributed by atoms with van der Waals surface area (Å²) >= 11 is 0. The summed E-state index contributed by atoms with van der Waals surface area (Å²) < 4.78 is 10.4. The first kappa shape index (κ1) is 10.2. The van der Waals surface area contributed by atoms with E-state index in [0.717, 1.165) is 12.8 Å². The highest BCUT2D eigenvalue weighted by atomic mass is 16.6. The first-order valence-electron chi connectivity index (χ1n) is 5.08. The van der Waals surface area contributed by atoms with Crippen molar-refractivity contribution in [3.63, 3.8) is 0 Å². The molecule has 0 aromatic heterocycles. The normalized spacial score (nSPS) is 24.3. The number of carbonyl (C=O) groups excluding carboxylic acids is 1. The molecular weight excluding hydrogens is 192 g/mol. The van der Waals surface area contributed by atoms with Gasteiger partial charge in [-0.1, -0.05) is 18.2 Å². The van der Waals surface area contributed by atoms with Gasteiger partial charge < -0.3 is 9.47 Å². The fourth-order valence-electron chi connectivity index (χ4n) is 1.60. The van der Waals surface area contributed by atoms with Gasteiger partial charge >= 0.3 is 5.97 Å². The van der Waals surface area contributed by atoms with Gasteiger partial charge in [-0.25, -0.2) is 4.79 Å². The molecule has 0 saturated heterocycles. The molecule has 0 radical (unpaired) electrons. The molecule has 1 saturated carbocycles. The molecule has 0 aliphatic heterocycles. The van der Waals surface area contributed by atoms with E-state index in [2.05, 4.69) is 0 Å². The van der Waals surface area contributed by atoms with Gasteiger partial charge in [0.1, 0.15) is 6.10 Å². The molecule has 0 atom stereocenters. The van der Waals surface area contributed by atoms with Crippen molar-refractivity contribution in [3.05, 3.63) is 35.9 Å². The van der Waals surface area contributed by atoms with E-state index in [4.69, 9.17) is 9.47 Å². The lowest BCUT2D eigenvalue weighted by Crippen LogP contribution is -2.38. The minimum absolute atomic E-state index is 0.0302. The van der Waals surface area contributed by atoms with E-state index < -0.39 is 0 Å². The van der Waals surface area contributed by atoms with Crippen molar-refractivity contribution in [1.82, 2.24) is 0 Å². The summed E-state index contributed by atoms with van der Waals surface area (Å²) in [6.45, 7) is 0. The second-order valence-corrected chi connectivity index (χ2v) is 3.72. The standard InChI is InChI=1S/C12H14O3/c1-14-10-7-11(8-10)15-12(13)9-5-3-2-4-6-9/h2-6,10-11H,7-8H2,1H3. The zero-order valence-corrected chi connectivity index (χ0v) is 8.68.